The van der Waals surface area contributed by atoms with E-state index < -0.39 is 83.5 Å². The number of carbonyl (C=O) groups is 5. The summed E-state index contributed by atoms with van der Waals surface area (Å²) in [7, 11) is 0. The molecule has 0 saturated carbocycles. The Morgan fingerprint density at radius 3 is 1.84 bits per heavy atom. The van der Waals surface area contributed by atoms with E-state index in [1.54, 1.807) is 34.6 Å². The van der Waals surface area contributed by atoms with Crippen LogP contribution in [0.3, 0.4) is 0 Å². The monoisotopic (exact) mass is 715 g/mol. The van der Waals surface area contributed by atoms with Gasteiger partial charge >= 0.3 is 30.0 Å². The molecule has 0 fully saturated rings. The topological polar surface area (TPSA) is 184 Å². The summed E-state index contributed by atoms with van der Waals surface area (Å²) in [6.07, 6.45) is -7.10. The highest BCUT2D eigenvalue weighted by Gasteiger charge is 2.45. The number of hydrogen-bond donors (Lipinski definition) is 3. The van der Waals surface area contributed by atoms with Gasteiger partial charge in [-0.1, -0.05) is 74.5 Å². The number of rotatable bonds is 18. The number of benzene rings is 2. The fourth-order valence-corrected chi connectivity index (χ4v) is 4.77. The molecular formula is C38H53NO12. The first-order valence-electron chi connectivity index (χ1n) is 17.0. The van der Waals surface area contributed by atoms with Crippen molar-refractivity contribution in [2.24, 2.45) is 11.3 Å². The van der Waals surface area contributed by atoms with Crippen LogP contribution in [-0.2, 0) is 55.9 Å². The Labute approximate surface area is 299 Å². The SMILES string of the molecule is CC[C@H](C)[C@H](OC(=O)C(C)(C)C(O)[C@H](Cc1ccccc1)OCc1ccccc1)C(=O)O[C@@H](C)[C@H](NC(=O)OC(C)(C)C)C(=O)O[C@@H](C)C(=O)O. The zero-order chi connectivity index (χ0) is 38.5. The van der Waals surface area contributed by atoms with Gasteiger partial charge in [-0.05, 0) is 66.0 Å². The number of alkyl carbamates (subject to hydrolysis) is 1. The molecule has 0 aromatic heterocycles. The van der Waals surface area contributed by atoms with E-state index in [0.717, 1.165) is 18.1 Å². The van der Waals surface area contributed by atoms with Crippen molar-refractivity contribution >= 4 is 30.0 Å². The average Bonchev–Trinajstić information content (AvgIpc) is 3.06. The maximum atomic E-state index is 13.8. The van der Waals surface area contributed by atoms with Gasteiger partial charge in [0.25, 0.3) is 0 Å². The lowest BCUT2D eigenvalue weighted by atomic mass is 9.81. The summed E-state index contributed by atoms with van der Waals surface area (Å²) in [5, 5.41) is 23.2. The lowest BCUT2D eigenvalue weighted by Crippen LogP contribution is -2.53. The van der Waals surface area contributed by atoms with E-state index in [2.05, 4.69) is 5.32 Å². The van der Waals surface area contributed by atoms with E-state index in [-0.39, 0.29) is 13.0 Å². The predicted octanol–water partition coefficient (Wildman–Crippen LogP) is 5.00. The molecule has 3 N–H and O–H groups in total. The van der Waals surface area contributed by atoms with Gasteiger partial charge < -0.3 is 39.2 Å². The van der Waals surface area contributed by atoms with Crippen molar-refractivity contribution in [3.63, 3.8) is 0 Å². The van der Waals surface area contributed by atoms with Crippen LogP contribution in [-0.4, -0.2) is 82.3 Å². The number of aliphatic hydroxyl groups is 1. The van der Waals surface area contributed by atoms with Crippen molar-refractivity contribution < 1.29 is 57.9 Å². The fraction of sp³-hybridized carbons (Fsp3) is 0.553. The third kappa shape index (κ3) is 13.6. The summed E-state index contributed by atoms with van der Waals surface area (Å²) in [5.74, 6) is -5.14. The van der Waals surface area contributed by atoms with Crippen molar-refractivity contribution in [3.05, 3.63) is 71.8 Å². The molecule has 0 heterocycles. The molecule has 0 aliphatic carbocycles. The Hall–Kier alpha value is -4.49. The maximum absolute atomic E-state index is 13.8. The molecule has 0 bridgehead atoms. The number of esters is 3. The molecule has 0 aliphatic rings. The average molecular weight is 716 g/mol. The zero-order valence-corrected chi connectivity index (χ0v) is 30.9. The van der Waals surface area contributed by atoms with Gasteiger partial charge in [0.15, 0.2) is 12.1 Å². The van der Waals surface area contributed by atoms with Gasteiger partial charge in [0.2, 0.25) is 6.10 Å². The summed E-state index contributed by atoms with van der Waals surface area (Å²) in [5.41, 5.74) is -0.782. The largest absolute Gasteiger partial charge is 0.479 e. The number of amides is 1. The molecule has 0 saturated heterocycles. The lowest BCUT2D eigenvalue weighted by Gasteiger charge is -2.36. The minimum atomic E-state index is -1.68. The molecule has 1 unspecified atom stereocenters. The van der Waals surface area contributed by atoms with Gasteiger partial charge in [-0.15, -0.1) is 0 Å². The second-order valence-corrected chi connectivity index (χ2v) is 14.1. The van der Waals surface area contributed by atoms with E-state index in [1.807, 2.05) is 60.7 Å². The van der Waals surface area contributed by atoms with Crippen LogP contribution in [0.4, 0.5) is 4.79 Å². The molecule has 13 heteroatoms. The zero-order valence-electron chi connectivity index (χ0n) is 30.9. The van der Waals surface area contributed by atoms with Crippen LogP contribution in [0.1, 0.15) is 79.9 Å². The first kappa shape index (κ1) is 42.7. The summed E-state index contributed by atoms with van der Waals surface area (Å²) in [6.45, 7) is 13.8. The van der Waals surface area contributed by atoms with Crippen molar-refractivity contribution in [2.75, 3.05) is 0 Å². The van der Waals surface area contributed by atoms with Gasteiger partial charge in [0, 0.05) is 12.3 Å². The fourth-order valence-electron chi connectivity index (χ4n) is 4.77. The van der Waals surface area contributed by atoms with Gasteiger partial charge in [0.05, 0.1) is 24.2 Å². The van der Waals surface area contributed by atoms with Gasteiger partial charge in [0.1, 0.15) is 11.7 Å². The van der Waals surface area contributed by atoms with Crippen molar-refractivity contribution in [1.29, 1.82) is 0 Å². The Kier molecular flexibility index (Phi) is 16.1. The number of ether oxygens (including phenoxy) is 5. The Morgan fingerprint density at radius 1 is 0.784 bits per heavy atom. The van der Waals surface area contributed by atoms with Crippen LogP contribution < -0.4 is 5.32 Å². The molecule has 0 radical (unpaired) electrons. The minimum Gasteiger partial charge on any atom is -0.479 e. The molecule has 1 amide bonds. The molecule has 2 aromatic carbocycles. The molecule has 2 aromatic rings. The van der Waals surface area contributed by atoms with E-state index in [1.165, 1.54) is 20.8 Å². The molecule has 51 heavy (non-hydrogen) atoms. The van der Waals surface area contributed by atoms with Crippen molar-refractivity contribution in [2.45, 2.75) is 124 Å². The van der Waals surface area contributed by atoms with Crippen LogP contribution in [0.15, 0.2) is 60.7 Å². The molecule has 0 spiro atoms. The first-order chi connectivity index (χ1) is 23.8. The molecule has 282 valence electrons. The Balaban J connectivity index is 2.30. The third-order valence-corrected chi connectivity index (χ3v) is 8.17. The summed E-state index contributed by atoms with van der Waals surface area (Å²) in [6, 6.07) is 17.1. The third-order valence-electron chi connectivity index (χ3n) is 8.17. The standard InChI is InChI=1S/C38H53NO12/c1-10-23(2)30(34(44)48-24(3)29(33(43)49-25(4)32(41)42)39-36(46)51-37(5,6)7)50-35(45)38(8,9)31(40)28(21-26-17-13-11-14-18-26)47-22-27-19-15-12-16-20-27/h11-20,23-25,28-31,40H,10,21-22H2,1-9H3,(H,39,46)(H,41,42)/t23-,24-,25-,28-,29-,30-,31?/m0/s1. The predicted molar refractivity (Wildman–Crippen MR) is 186 cm³/mol. The number of carboxylic acid groups (broad SMARTS) is 1. The Morgan fingerprint density at radius 2 is 1.33 bits per heavy atom. The second-order valence-electron chi connectivity index (χ2n) is 14.1. The van der Waals surface area contributed by atoms with E-state index in [0.29, 0.717) is 6.42 Å². The maximum Gasteiger partial charge on any atom is 0.408 e. The van der Waals surface area contributed by atoms with Crippen LogP contribution in [0.5, 0.6) is 0 Å². The highest BCUT2D eigenvalue weighted by Crippen LogP contribution is 2.31. The summed E-state index contributed by atoms with van der Waals surface area (Å²) < 4.78 is 27.7. The smallest absolute Gasteiger partial charge is 0.408 e. The van der Waals surface area contributed by atoms with Crippen LogP contribution in [0.25, 0.3) is 0 Å². The highest BCUT2D eigenvalue weighted by atomic mass is 16.6. The molecule has 7 atom stereocenters. The number of nitrogens with one attached hydrogen (secondary N) is 1. The normalized spacial score (nSPS) is 15.9. The molecule has 2 rings (SSSR count). The van der Waals surface area contributed by atoms with Crippen LogP contribution >= 0.6 is 0 Å². The summed E-state index contributed by atoms with van der Waals surface area (Å²) >= 11 is 0. The minimum absolute atomic E-state index is 0.173. The number of carbonyl (C=O) groups excluding carboxylic acids is 4. The lowest BCUT2D eigenvalue weighted by molar-refractivity contribution is -0.189. The van der Waals surface area contributed by atoms with Crippen molar-refractivity contribution in [3.8, 4) is 0 Å². The Bertz CT molecular complexity index is 1440. The molecular weight excluding hydrogens is 662 g/mol. The number of aliphatic carboxylic acids is 1. The van der Waals surface area contributed by atoms with Crippen molar-refractivity contribution in [1.82, 2.24) is 5.32 Å². The number of carboxylic acids is 1. The van der Waals surface area contributed by atoms with E-state index in [4.69, 9.17) is 23.7 Å². The molecule has 0 aliphatic heterocycles. The van der Waals surface area contributed by atoms with Gasteiger partial charge in [-0.2, -0.15) is 0 Å². The quantitative estimate of drug-likeness (QED) is 0.139. The summed E-state index contributed by atoms with van der Waals surface area (Å²) in [4.78, 5) is 64.3. The number of hydrogen-bond acceptors (Lipinski definition) is 11. The van der Waals surface area contributed by atoms with E-state index in [9.17, 15) is 34.2 Å². The second kappa shape index (κ2) is 19.2. The van der Waals surface area contributed by atoms with Crippen LogP contribution in [0, 0.1) is 11.3 Å². The number of aliphatic hydroxyl groups excluding tert-OH is 1. The molecule has 13 nitrogen and oxygen atoms in total. The van der Waals surface area contributed by atoms with E-state index >= 15 is 0 Å². The first-order valence-corrected chi connectivity index (χ1v) is 17.0. The van der Waals surface area contributed by atoms with Gasteiger partial charge in [-0.3, -0.25) is 4.79 Å². The van der Waals surface area contributed by atoms with Crippen LogP contribution in [0.2, 0.25) is 0 Å². The van der Waals surface area contributed by atoms with Gasteiger partial charge in [-0.25, -0.2) is 19.2 Å². The highest BCUT2D eigenvalue weighted by molar-refractivity contribution is 5.86.